The van der Waals surface area contributed by atoms with Gasteiger partial charge in [-0.1, -0.05) is 52.0 Å². The lowest BCUT2D eigenvalue weighted by Gasteiger charge is -2.27. The Kier molecular flexibility index (Phi) is 7.48. The average Bonchev–Trinajstić information content (AvgIpc) is 3.30. The van der Waals surface area contributed by atoms with Crippen LogP contribution in [-0.4, -0.2) is 48.0 Å². The Labute approximate surface area is 219 Å². The zero-order chi connectivity index (χ0) is 24.2. The minimum atomic E-state index is -0.309. The molecule has 0 radical (unpaired) electrons. The molecule has 0 aliphatic carbocycles. The number of thiazole rings is 1. The standard InChI is InChI=1S/C26H22BrN3O3S2/c27-18-7-5-17(6-8-18)16-34-26-29-22-10-9-19(15-23(22)35-26)28-24(31)20-3-1-2-4-21(20)25(32)30-11-13-33-14-12-30/h1-10,15H,11-14,16H2,(H,28,31). The Balaban J connectivity index is 1.29. The van der Waals surface area contributed by atoms with Gasteiger partial charge in [-0.2, -0.15) is 0 Å². The number of ether oxygens (including phenoxy) is 1. The second-order valence-corrected chi connectivity index (χ2v) is 11.2. The van der Waals surface area contributed by atoms with Crippen LogP contribution in [0.15, 0.2) is 75.5 Å². The van der Waals surface area contributed by atoms with Crippen LogP contribution in [0.25, 0.3) is 10.2 Å². The number of rotatable bonds is 6. The number of morpholine rings is 1. The Bertz CT molecular complexity index is 1370. The van der Waals surface area contributed by atoms with Crippen molar-refractivity contribution in [2.75, 3.05) is 31.6 Å². The van der Waals surface area contributed by atoms with Crippen LogP contribution in [0.4, 0.5) is 5.69 Å². The summed E-state index contributed by atoms with van der Waals surface area (Å²) in [5.74, 6) is 0.380. The van der Waals surface area contributed by atoms with E-state index in [9.17, 15) is 9.59 Å². The van der Waals surface area contributed by atoms with Gasteiger partial charge in [0.1, 0.15) is 0 Å². The molecule has 4 aromatic rings. The minimum absolute atomic E-state index is 0.149. The molecule has 0 atom stereocenters. The first kappa shape index (κ1) is 24.0. The van der Waals surface area contributed by atoms with Crippen molar-refractivity contribution in [1.82, 2.24) is 9.88 Å². The van der Waals surface area contributed by atoms with Gasteiger partial charge in [-0.3, -0.25) is 9.59 Å². The van der Waals surface area contributed by atoms with Crippen molar-refractivity contribution < 1.29 is 14.3 Å². The molecule has 9 heteroatoms. The van der Waals surface area contributed by atoms with Crippen LogP contribution in [-0.2, 0) is 10.5 Å². The van der Waals surface area contributed by atoms with Crippen molar-refractivity contribution in [2.45, 2.75) is 10.1 Å². The van der Waals surface area contributed by atoms with E-state index in [-0.39, 0.29) is 11.8 Å². The Morgan fingerprint density at radius 3 is 2.54 bits per heavy atom. The Morgan fingerprint density at radius 1 is 1.03 bits per heavy atom. The SMILES string of the molecule is O=C(Nc1ccc2nc(SCc3ccc(Br)cc3)sc2c1)c1ccccc1C(=O)N1CCOCC1. The number of carbonyl (C=O) groups excluding carboxylic acids is 2. The van der Waals surface area contributed by atoms with Crippen molar-refractivity contribution in [1.29, 1.82) is 0 Å². The van der Waals surface area contributed by atoms with Crippen molar-refractivity contribution in [3.8, 4) is 0 Å². The summed E-state index contributed by atoms with van der Waals surface area (Å²) < 4.78 is 8.38. The number of thioether (sulfide) groups is 1. The molecule has 1 aromatic heterocycles. The van der Waals surface area contributed by atoms with Crippen LogP contribution in [0.2, 0.25) is 0 Å². The maximum Gasteiger partial charge on any atom is 0.256 e. The topological polar surface area (TPSA) is 71.5 Å². The van der Waals surface area contributed by atoms with Gasteiger partial charge >= 0.3 is 0 Å². The zero-order valence-electron chi connectivity index (χ0n) is 18.7. The second kappa shape index (κ2) is 10.9. The van der Waals surface area contributed by atoms with Crippen LogP contribution in [0.5, 0.6) is 0 Å². The van der Waals surface area contributed by atoms with E-state index in [0.717, 1.165) is 24.8 Å². The maximum absolute atomic E-state index is 13.1. The largest absolute Gasteiger partial charge is 0.378 e. The predicted molar refractivity (Wildman–Crippen MR) is 144 cm³/mol. The van der Waals surface area contributed by atoms with Gasteiger partial charge in [0.05, 0.1) is 34.6 Å². The van der Waals surface area contributed by atoms with E-state index in [0.29, 0.717) is 43.1 Å². The van der Waals surface area contributed by atoms with Gasteiger partial charge in [-0.15, -0.1) is 11.3 Å². The molecule has 0 spiro atoms. The lowest BCUT2D eigenvalue weighted by molar-refractivity contribution is 0.0302. The van der Waals surface area contributed by atoms with Crippen LogP contribution >= 0.6 is 39.0 Å². The third kappa shape index (κ3) is 5.75. The normalized spacial score (nSPS) is 13.7. The van der Waals surface area contributed by atoms with Crippen LogP contribution < -0.4 is 5.32 Å². The third-order valence-corrected chi connectivity index (χ3v) is 8.36. The molecule has 1 saturated heterocycles. The van der Waals surface area contributed by atoms with Crippen LogP contribution in [0, 0.1) is 0 Å². The fraction of sp³-hybridized carbons (Fsp3) is 0.192. The fourth-order valence-corrected chi connectivity index (χ4v) is 6.10. The van der Waals surface area contributed by atoms with Gasteiger partial charge in [0.25, 0.3) is 11.8 Å². The summed E-state index contributed by atoms with van der Waals surface area (Å²) in [5, 5.41) is 2.95. The molecular formula is C26H22BrN3O3S2. The quantitative estimate of drug-likeness (QED) is 0.286. The molecule has 1 aliphatic heterocycles. The number of anilines is 1. The number of fused-ring (bicyclic) bond motifs is 1. The molecule has 2 heterocycles. The number of halogens is 1. The predicted octanol–water partition coefficient (Wildman–Crippen LogP) is 6.08. The smallest absolute Gasteiger partial charge is 0.256 e. The highest BCUT2D eigenvalue weighted by Crippen LogP contribution is 2.33. The summed E-state index contributed by atoms with van der Waals surface area (Å²) in [6.07, 6.45) is 0. The van der Waals surface area contributed by atoms with Crippen LogP contribution in [0.1, 0.15) is 26.3 Å². The molecule has 0 saturated carbocycles. The number of nitrogens with one attached hydrogen (secondary N) is 1. The summed E-state index contributed by atoms with van der Waals surface area (Å²) in [6, 6.07) is 20.9. The van der Waals surface area contributed by atoms with Gasteiger partial charge in [-0.25, -0.2) is 4.98 Å². The van der Waals surface area contributed by atoms with Gasteiger partial charge < -0.3 is 15.0 Å². The number of nitrogens with zero attached hydrogens (tertiary/aromatic N) is 2. The molecule has 1 N–H and O–H groups in total. The zero-order valence-corrected chi connectivity index (χ0v) is 21.9. The highest BCUT2D eigenvalue weighted by molar-refractivity contribution is 9.10. The van der Waals surface area contributed by atoms with E-state index < -0.39 is 0 Å². The molecule has 35 heavy (non-hydrogen) atoms. The first-order valence-corrected chi connectivity index (χ1v) is 13.7. The first-order chi connectivity index (χ1) is 17.1. The molecule has 0 bridgehead atoms. The average molecular weight is 569 g/mol. The number of hydrogen-bond acceptors (Lipinski definition) is 6. The van der Waals surface area contributed by atoms with Gasteiger partial charge in [0.15, 0.2) is 4.34 Å². The van der Waals surface area contributed by atoms with Crippen molar-refractivity contribution in [2.24, 2.45) is 0 Å². The van der Waals surface area contributed by atoms with Gasteiger partial charge in [0.2, 0.25) is 0 Å². The summed E-state index contributed by atoms with van der Waals surface area (Å²) in [6.45, 7) is 2.08. The van der Waals surface area contributed by atoms with Crippen molar-refractivity contribution in [3.05, 3.63) is 87.9 Å². The number of amides is 2. The van der Waals surface area contributed by atoms with Gasteiger partial charge in [-0.05, 0) is 48.0 Å². The summed E-state index contributed by atoms with van der Waals surface area (Å²) in [7, 11) is 0. The molecule has 2 amide bonds. The number of hydrogen-bond donors (Lipinski definition) is 1. The van der Waals surface area contributed by atoms with Crippen LogP contribution in [0.3, 0.4) is 0 Å². The first-order valence-electron chi connectivity index (χ1n) is 11.1. The molecule has 1 fully saturated rings. The number of carbonyl (C=O) groups is 2. The lowest BCUT2D eigenvalue weighted by Crippen LogP contribution is -2.41. The maximum atomic E-state index is 13.1. The highest BCUT2D eigenvalue weighted by Gasteiger charge is 2.23. The van der Waals surface area contributed by atoms with Crippen molar-refractivity contribution >= 4 is 66.7 Å². The molecule has 3 aromatic carbocycles. The molecule has 178 valence electrons. The van der Waals surface area contributed by atoms with E-state index in [1.54, 1.807) is 52.3 Å². The van der Waals surface area contributed by atoms with Crippen molar-refractivity contribution in [3.63, 3.8) is 0 Å². The monoisotopic (exact) mass is 567 g/mol. The number of benzene rings is 3. The van der Waals surface area contributed by atoms with E-state index in [2.05, 4.69) is 33.4 Å². The van der Waals surface area contributed by atoms with E-state index in [1.807, 2.05) is 30.3 Å². The molecule has 0 unspecified atom stereocenters. The summed E-state index contributed by atoms with van der Waals surface area (Å²) in [4.78, 5) is 32.6. The van der Waals surface area contributed by atoms with Gasteiger partial charge in [0, 0.05) is 29.0 Å². The van der Waals surface area contributed by atoms with E-state index >= 15 is 0 Å². The molecule has 5 rings (SSSR count). The highest BCUT2D eigenvalue weighted by atomic mass is 79.9. The summed E-state index contributed by atoms with van der Waals surface area (Å²) >= 11 is 6.76. The molecule has 1 aliphatic rings. The minimum Gasteiger partial charge on any atom is -0.378 e. The fourth-order valence-electron chi connectivity index (χ4n) is 3.77. The Morgan fingerprint density at radius 2 is 1.77 bits per heavy atom. The number of aromatic nitrogens is 1. The summed E-state index contributed by atoms with van der Waals surface area (Å²) in [5.41, 5.74) is 3.56. The molecule has 6 nitrogen and oxygen atoms in total. The molecular weight excluding hydrogens is 546 g/mol. The van der Waals surface area contributed by atoms with E-state index in [1.165, 1.54) is 5.56 Å². The third-order valence-electron chi connectivity index (χ3n) is 5.60. The lowest BCUT2D eigenvalue weighted by atomic mass is 10.0. The second-order valence-electron chi connectivity index (χ2n) is 7.98. The Hall–Kier alpha value is -2.72. The van der Waals surface area contributed by atoms with E-state index in [4.69, 9.17) is 9.72 Å².